The van der Waals surface area contributed by atoms with Crippen LogP contribution in [-0.2, 0) is 5.75 Å². The molecule has 3 aromatic heterocycles. The predicted octanol–water partition coefficient (Wildman–Crippen LogP) is 5.34. The summed E-state index contributed by atoms with van der Waals surface area (Å²) in [7, 11) is 0. The van der Waals surface area contributed by atoms with Crippen molar-refractivity contribution in [2.24, 2.45) is 0 Å². The van der Waals surface area contributed by atoms with Crippen molar-refractivity contribution in [3.63, 3.8) is 0 Å². The number of benzene rings is 1. The van der Waals surface area contributed by atoms with Crippen molar-refractivity contribution < 1.29 is 8.94 Å². The van der Waals surface area contributed by atoms with Crippen molar-refractivity contribution in [3.05, 3.63) is 65.2 Å². The second-order valence-electron chi connectivity index (χ2n) is 6.86. The van der Waals surface area contributed by atoms with Crippen molar-refractivity contribution in [1.82, 2.24) is 25.3 Å². The molecule has 0 spiro atoms. The number of furan rings is 1. The van der Waals surface area contributed by atoms with Gasteiger partial charge in [-0.1, -0.05) is 55.0 Å². The maximum absolute atomic E-state index is 5.49. The number of hydrogen-bond acceptors (Lipinski definition) is 7. The van der Waals surface area contributed by atoms with E-state index in [0.717, 1.165) is 17.1 Å². The first kappa shape index (κ1) is 19.2. The van der Waals surface area contributed by atoms with Crippen molar-refractivity contribution in [1.29, 1.82) is 0 Å². The van der Waals surface area contributed by atoms with Crippen LogP contribution < -0.4 is 0 Å². The third-order valence-corrected chi connectivity index (χ3v) is 5.11. The number of hydrogen-bond donors (Lipinski definition) is 1. The molecule has 1 N–H and O–H groups in total. The zero-order valence-corrected chi connectivity index (χ0v) is 17.2. The fourth-order valence-electron chi connectivity index (χ4n) is 2.68. The summed E-state index contributed by atoms with van der Waals surface area (Å²) >= 11 is 1.43. The summed E-state index contributed by atoms with van der Waals surface area (Å²) < 4.78 is 10.9. The van der Waals surface area contributed by atoms with Crippen LogP contribution in [0.4, 0.5) is 0 Å². The van der Waals surface area contributed by atoms with Gasteiger partial charge in [0.25, 0.3) is 0 Å². The maximum atomic E-state index is 5.49. The Labute approximate surface area is 172 Å². The molecule has 8 heteroatoms. The van der Waals surface area contributed by atoms with Crippen LogP contribution in [0.5, 0.6) is 0 Å². The van der Waals surface area contributed by atoms with E-state index in [-0.39, 0.29) is 0 Å². The van der Waals surface area contributed by atoms with Gasteiger partial charge in [0.1, 0.15) is 17.3 Å². The normalized spacial score (nSPS) is 11.7. The summed E-state index contributed by atoms with van der Waals surface area (Å²) in [6.45, 7) is 6.24. The van der Waals surface area contributed by atoms with Gasteiger partial charge >= 0.3 is 0 Å². The minimum Gasteiger partial charge on any atom is -0.462 e. The maximum Gasteiger partial charge on any atom is 0.237 e. The lowest BCUT2D eigenvalue weighted by atomic mass is 10.0. The van der Waals surface area contributed by atoms with E-state index in [1.54, 1.807) is 0 Å². The Bertz CT molecular complexity index is 1110. The Balaban J connectivity index is 1.35. The van der Waals surface area contributed by atoms with E-state index in [1.807, 2.05) is 43.3 Å². The van der Waals surface area contributed by atoms with Crippen LogP contribution in [0, 0.1) is 6.92 Å². The van der Waals surface area contributed by atoms with Gasteiger partial charge in [-0.25, -0.2) is 4.98 Å². The first-order valence-electron chi connectivity index (χ1n) is 9.29. The number of aromatic nitrogens is 5. The molecule has 0 saturated carbocycles. The molecular formula is C21H21N5O2S. The Morgan fingerprint density at radius 1 is 1.07 bits per heavy atom. The van der Waals surface area contributed by atoms with Gasteiger partial charge < -0.3 is 8.94 Å². The van der Waals surface area contributed by atoms with E-state index >= 15 is 0 Å². The van der Waals surface area contributed by atoms with Crippen LogP contribution in [0.3, 0.4) is 0 Å². The minimum absolute atomic E-state index is 0.491. The molecule has 0 amide bonds. The monoisotopic (exact) mass is 407 g/mol. The fraction of sp³-hybridized carbons (Fsp3) is 0.238. The summed E-state index contributed by atoms with van der Waals surface area (Å²) in [5.74, 6) is 4.40. The van der Waals surface area contributed by atoms with E-state index < -0.39 is 0 Å². The molecule has 0 bridgehead atoms. The highest BCUT2D eigenvalue weighted by atomic mass is 32.2. The van der Waals surface area contributed by atoms with Gasteiger partial charge in [-0.15, -0.1) is 5.10 Å². The van der Waals surface area contributed by atoms with Crippen LogP contribution >= 0.6 is 11.8 Å². The average molecular weight is 407 g/mol. The molecule has 0 fully saturated rings. The first-order valence-corrected chi connectivity index (χ1v) is 10.3. The van der Waals surface area contributed by atoms with Crippen molar-refractivity contribution in [2.45, 2.75) is 37.6 Å². The van der Waals surface area contributed by atoms with Crippen LogP contribution in [0.15, 0.2) is 50.5 Å². The van der Waals surface area contributed by atoms with E-state index in [4.69, 9.17) is 8.94 Å². The van der Waals surface area contributed by atoms with E-state index in [2.05, 4.69) is 51.3 Å². The second-order valence-corrected chi connectivity index (χ2v) is 7.80. The molecule has 1 aromatic carbocycles. The van der Waals surface area contributed by atoms with Gasteiger partial charge in [0.15, 0.2) is 0 Å². The zero-order valence-electron chi connectivity index (χ0n) is 16.4. The SMILES string of the molecule is Cc1ccc(/C=C/c2nc(SCc3nc(-c4ccc(C(C)C)cc4)no3)n[nH]2)o1. The molecule has 0 radical (unpaired) electrons. The number of rotatable bonds is 7. The van der Waals surface area contributed by atoms with Gasteiger partial charge in [-0.3, -0.25) is 5.10 Å². The summed E-state index contributed by atoms with van der Waals surface area (Å²) in [6.07, 6.45) is 3.66. The lowest BCUT2D eigenvalue weighted by Gasteiger charge is -2.04. The molecule has 0 aliphatic rings. The number of nitrogens with one attached hydrogen (secondary N) is 1. The first-order chi connectivity index (χ1) is 14.1. The molecule has 4 rings (SSSR count). The van der Waals surface area contributed by atoms with Gasteiger partial charge in [0.05, 0.1) is 5.75 Å². The highest BCUT2D eigenvalue weighted by molar-refractivity contribution is 7.98. The molecule has 7 nitrogen and oxygen atoms in total. The van der Waals surface area contributed by atoms with Crippen molar-refractivity contribution in [2.75, 3.05) is 0 Å². The van der Waals surface area contributed by atoms with E-state index in [1.165, 1.54) is 17.3 Å². The molecule has 29 heavy (non-hydrogen) atoms. The zero-order chi connectivity index (χ0) is 20.2. The molecule has 3 heterocycles. The number of thioether (sulfide) groups is 1. The lowest BCUT2D eigenvalue weighted by Crippen LogP contribution is -1.88. The van der Waals surface area contributed by atoms with Gasteiger partial charge in [-0.05, 0) is 42.7 Å². The topological polar surface area (TPSA) is 93.6 Å². The summed E-state index contributed by atoms with van der Waals surface area (Å²) in [6, 6.07) is 12.0. The van der Waals surface area contributed by atoms with E-state index in [0.29, 0.717) is 34.4 Å². The minimum atomic E-state index is 0.491. The van der Waals surface area contributed by atoms with Crippen LogP contribution in [0.2, 0.25) is 0 Å². The van der Waals surface area contributed by atoms with Gasteiger partial charge in [-0.2, -0.15) is 4.98 Å². The molecule has 0 unspecified atom stereocenters. The number of aryl methyl sites for hydroxylation is 1. The molecule has 0 atom stereocenters. The standard InChI is InChI=1S/C21H21N5O2S/c1-13(2)15-5-7-16(8-6-15)20-23-19(28-26-20)12-29-21-22-18(24-25-21)11-10-17-9-4-14(3)27-17/h4-11,13H,12H2,1-3H3,(H,22,24,25)/b11-10+. The average Bonchev–Trinajstić information content (AvgIpc) is 3.46. The van der Waals surface area contributed by atoms with E-state index in [9.17, 15) is 0 Å². The molecule has 4 aromatic rings. The third kappa shape index (κ3) is 4.83. The summed E-state index contributed by atoms with van der Waals surface area (Å²) in [4.78, 5) is 8.88. The Kier molecular flexibility index (Phi) is 5.62. The largest absolute Gasteiger partial charge is 0.462 e. The quantitative estimate of drug-likeness (QED) is 0.413. The van der Waals surface area contributed by atoms with Crippen molar-refractivity contribution in [3.8, 4) is 11.4 Å². The Morgan fingerprint density at radius 2 is 1.90 bits per heavy atom. The summed E-state index contributed by atoms with van der Waals surface area (Å²) in [5, 5.41) is 11.8. The van der Waals surface area contributed by atoms with Crippen LogP contribution in [0.25, 0.3) is 23.5 Å². The van der Waals surface area contributed by atoms with Crippen molar-refractivity contribution >= 4 is 23.9 Å². The highest BCUT2D eigenvalue weighted by Crippen LogP contribution is 2.23. The molecule has 148 valence electrons. The molecule has 0 saturated heterocycles. The predicted molar refractivity (Wildman–Crippen MR) is 112 cm³/mol. The number of nitrogens with zero attached hydrogens (tertiary/aromatic N) is 4. The van der Waals surface area contributed by atoms with Crippen LogP contribution in [-0.4, -0.2) is 25.3 Å². The summed E-state index contributed by atoms with van der Waals surface area (Å²) in [5.41, 5.74) is 2.22. The molecular weight excluding hydrogens is 386 g/mol. The van der Waals surface area contributed by atoms with Gasteiger partial charge in [0, 0.05) is 5.56 Å². The van der Waals surface area contributed by atoms with Crippen LogP contribution in [0.1, 0.15) is 48.6 Å². The smallest absolute Gasteiger partial charge is 0.237 e. The molecule has 0 aliphatic carbocycles. The number of H-pyrrole nitrogens is 1. The van der Waals surface area contributed by atoms with Gasteiger partial charge in [0.2, 0.25) is 16.9 Å². The lowest BCUT2D eigenvalue weighted by molar-refractivity contribution is 0.391. The highest BCUT2D eigenvalue weighted by Gasteiger charge is 2.11. The molecule has 0 aliphatic heterocycles. The Morgan fingerprint density at radius 3 is 2.62 bits per heavy atom. The Hall–Kier alpha value is -3.13. The second kappa shape index (κ2) is 8.48. The number of aromatic amines is 1. The fourth-order valence-corrected chi connectivity index (χ4v) is 3.32. The third-order valence-electron chi connectivity index (χ3n) is 4.28.